The second-order valence-corrected chi connectivity index (χ2v) is 15.4. The molecule has 3 aromatic rings. The molecule has 0 saturated carbocycles. The van der Waals surface area contributed by atoms with Crippen LogP contribution in [-0.2, 0) is 14.8 Å². The molecule has 1 unspecified atom stereocenters. The normalized spacial score (nSPS) is 17.4. The number of nitrogens with zero attached hydrogens (tertiary/aromatic N) is 2. The van der Waals surface area contributed by atoms with Gasteiger partial charge in [-0.15, -0.1) is 0 Å². The zero-order valence-corrected chi connectivity index (χ0v) is 28.1. The van der Waals surface area contributed by atoms with Gasteiger partial charge in [-0.05, 0) is 73.3 Å². The molecular formula is C34H46N4O6S. The molecule has 4 rings (SSSR count). The van der Waals surface area contributed by atoms with E-state index in [1.165, 1.54) is 18.2 Å². The highest BCUT2D eigenvalue weighted by Gasteiger charge is 2.34. The molecule has 1 aliphatic heterocycles. The molecule has 0 spiro atoms. The van der Waals surface area contributed by atoms with Crippen LogP contribution in [0.2, 0.25) is 0 Å². The van der Waals surface area contributed by atoms with Gasteiger partial charge in [-0.1, -0.05) is 58.9 Å². The minimum absolute atomic E-state index is 0.0182. The molecule has 2 heterocycles. The van der Waals surface area contributed by atoms with Gasteiger partial charge in [0.25, 0.3) is 10.0 Å². The molecular weight excluding hydrogens is 592 g/mol. The summed E-state index contributed by atoms with van der Waals surface area (Å²) in [5.74, 6) is -1.19. The van der Waals surface area contributed by atoms with Crippen LogP contribution < -0.4 is 14.8 Å². The highest BCUT2D eigenvalue weighted by molar-refractivity contribution is 7.92. The second-order valence-electron chi connectivity index (χ2n) is 13.8. The zero-order valence-electron chi connectivity index (χ0n) is 27.3. The first kappa shape index (κ1) is 34.3. The molecule has 2 atom stereocenters. The maximum Gasteiger partial charge on any atom is 0.335 e. The minimum atomic E-state index is -4.21. The average molecular weight is 639 g/mol. The fraction of sp³-hybridized carbons (Fsp3) is 0.500. The van der Waals surface area contributed by atoms with Crippen molar-refractivity contribution in [1.29, 1.82) is 0 Å². The van der Waals surface area contributed by atoms with Gasteiger partial charge in [0.1, 0.15) is 6.61 Å². The summed E-state index contributed by atoms with van der Waals surface area (Å²) in [5, 5.41) is 13.0. The van der Waals surface area contributed by atoms with Crippen molar-refractivity contribution in [2.24, 2.45) is 10.8 Å². The second kappa shape index (κ2) is 13.8. The minimum Gasteiger partial charge on any atom is -0.478 e. The van der Waals surface area contributed by atoms with Gasteiger partial charge < -0.3 is 19.9 Å². The number of hydrogen-bond acceptors (Lipinski definition) is 8. The van der Waals surface area contributed by atoms with Gasteiger partial charge in [-0.25, -0.2) is 22.9 Å². The van der Waals surface area contributed by atoms with Crippen LogP contribution in [0.3, 0.4) is 0 Å². The van der Waals surface area contributed by atoms with Gasteiger partial charge in [-0.2, -0.15) is 4.98 Å². The fourth-order valence-electron chi connectivity index (χ4n) is 5.73. The van der Waals surface area contributed by atoms with Crippen molar-refractivity contribution in [2.75, 3.05) is 24.5 Å². The number of rotatable bonds is 12. The third-order valence-electron chi connectivity index (χ3n) is 8.10. The number of carbonyl (C=O) groups is 1. The van der Waals surface area contributed by atoms with E-state index in [2.05, 4.69) is 54.6 Å². The summed E-state index contributed by atoms with van der Waals surface area (Å²) in [6.45, 7) is 16.7. The van der Waals surface area contributed by atoms with Crippen LogP contribution in [0, 0.1) is 24.7 Å². The number of anilines is 1. The van der Waals surface area contributed by atoms with Gasteiger partial charge in [0.2, 0.25) is 11.8 Å². The van der Waals surface area contributed by atoms with Crippen molar-refractivity contribution in [2.45, 2.75) is 84.8 Å². The predicted molar refractivity (Wildman–Crippen MR) is 175 cm³/mol. The Hall–Kier alpha value is -3.54. The Labute approximate surface area is 267 Å². The summed E-state index contributed by atoms with van der Waals surface area (Å²) in [6.07, 6.45) is 3.09. The number of nitrogens with one attached hydrogen (secondary N) is 2. The van der Waals surface area contributed by atoms with Crippen molar-refractivity contribution < 1.29 is 27.8 Å². The van der Waals surface area contributed by atoms with Crippen LogP contribution in [0.4, 0.5) is 5.95 Å². The maximum absolute atomic E-state index is 13.3. The lowest BCUT2D eigenvalue weighted by atomic mass is 9.80. The summed E-state index contributed by atoms with van der Waals surface area (Å²) in [4.78, 5) is 20.2. The van der Waals surface area contributed by atoms with Crippen LogP contribution in [0.1, 0.15) is 75.4 Å². The number of aromatic carboxylic acids is 1. The molecule has 10 nitrogen and oxygen atoms in total. The Morgan fingerprint density at radius 2 is 1.80 bits per heavy atom. The third-order valence-corrected chi connectivity index (χ3v) is 9.42. The Morgan fingerprint density at radius 1 is 1.11 bits per heavy atom. The summed E-state index contributed by atoms with van der Waals surface area (Å²) < 4.78 is 41.5. The van der Waals surface area contributed by atoms with E-state index in [9.17, 15) is 18.3 Å². The van der Waals surface area contributed by atoms with Crippen molar-refractivity contribution in [1.82, 2.24) is 15.3 Å². The molecule has 45 heavy (non-hydrogen) atoms. The molecule has 11 heteroatoms. The van der Waals surface area contributed by atoms with Gasteiger partial charge in [0, 0.05) is 30.8 Å². The van der Waals surface area contributed by atoms with E-state index < -0.39 is 16.0 Å². The van der Waals surface area contributed by atoms with Gasteiger partial charge in [0.05, 0.1) is 22.3 Å². The third kappa shape index (κ3) is 9.24. The molecule has 0 radical (unpaired) electrons. The quantitative estimate of drug-likeness (QED) is 0.210. The van der Waals surface area contributed by atoms with Gasteiger partial charge in [-0.3, -0.25) is 0 Å². The van der Waals surface area contributed by atoms with Crippen molar-refractivity contribution in [3.05, 3.63) is 65.2 Å². The number of carboxylic acid groups (broad SMARTS) is 1. The molecule has 2 aromatic carbocycles. The Kier molecular flexibility index (Phi) is 10.6. The van der Waals surface area contributed by atoms with Crippen molar-refractivity contribution in [3.63, 3.8) is 0 Å². The summed E-state index contributed by atoms with van der Waals surface area (Å²) in [5.41, 5.74) is 3.22. The number of aryl methyl sites for hydroxylation is 2. The van der Waals surface area contributed by atoms with E-state index >= 15 is 0 Å². The Bertz CT molecular complexity index is 1600. The topological polar surface area (TPSA) is 140 Å². The first-order valence-corrected chi connectivity index (χ1v) is 16.8. The smallest absolute Gasteiger partial charge is 0.335 e. The molecule has 0 bridgehead atoms. The molecule has 1 saturated heterocycles. The Morgan fingerprint density at radius 3 is 2.44 bits per heavy atom. The lowest BCUT2D eigenvalue weighted by molar-refractivity contribution is -0.0673. The van der Waals surface area contributed by atoms with Gasteiger partial charge in [0.15, 0.2) is 0 Å². The highest BCUT2D eigenvalue weighted by atomic mass is 32.2. The monoisotopic (exact) mass is 638 g/mol. The largest absolute Gasteiger partial charge is 0.478 e. The van der Waals surface area contributed by atoms with Crippen LogP contribution in [0.5, 0.6) is 5.88 Å². The summed E-state index contributed by atoms with van der Waals surface area (Å²) in [7, 11) is -4.21. The zero-order chi connectivity index (χ0) is 33.0. The van der Waals surface area contributed by atoms with E-state index in [4.69, 9.17) is 9.47 Å². The first-order valence-electron chi connectivity index (χ1n) is 15.3. The van der Waals surface area contributed by atoms with Crippen molar-refractivity contribution in [3.8, 4) is 17.1 Å². The fourth-order valence-corrected chi connectivity index (χ4v) is 6.72. The predicted octanol–water partition coefficient (Wildman–Crippen LogP) is 6.24. The maximum atomic E-state index is 13.3. The first-order chi connectivity index (χ1) is 21.0. The average Bonchev–Trinajstić information content (AvgIpc) is 2.94. The van der Waals surface area contributed by atoms with Crippen LogP contribution in [0.25, 0.3) is 11.3 Å². The van der Waals surface area contributed by atoms with E-state index in [0.717, 1.165) is 48.6 Å². The molecule has 1 fully saturated rings. The van der Waals surface area contributed by atoms with Crippen LogP contribution >= 0.6 is 0 Å². The molecule has 244 valence electrons. The standard InChI is InChI=1S/C34H46N4O6S/c1-22-11-8-12-23(2)30(22)27-18-29(37-32(36-27)38-45(41,42)26-14-9-13-24(17-26)31(39)40)44-21-25(19-33(3,4)5)35-20-28-34(6,7)15-10-16-43-28/h8-9,11-14,17-18,25,28,35H,10,15-16,19-21H2,1-7H3,(H,39,40)(H,36,37,38)/t25-,28?/m1/s1. The number of sulfonamides is 1. The molecule has 1 aromatic heterocycles. The van der Waals surface area contributed by atoms with E-state index in [0.29, 0.717) is 18.8 Å². The number of ether oxygens (including phenoxy) is 2. The molecule has 3 N–H and O–H groups in total. The summed E-state index contributed by atoms with van der Waals surface area (Å²) in [6, 6.07) is 12.7. The Balaban J connectivity index is 1.64. The van der Waals surface area contributed by atoms with Crippen molar-refractivity contribution >= 4 is 21.9 Å². The van der Waals surface area contributed by atoms with E-state index in [-0.39, 0.29) is 45.3 Å². The lowest BCUT2D eigenvalue weighted by Gasteiger charge is -2.39. The summed E-state index contributed by atoms with van der Waals surface area (Å²) >= 11 is 0. The van der Waals surface area contributed by atoms with Gasteiger partial charge >= 0.3 is 5.97 Å². The lowest BCUT2D eigenvalue weighted by Crippen LogP contribution is -2.48. The van der Waals surface area contributed by atoms with E-state index in [1.807, 2.05) is 32.0 Å². The number of hydrogen-bond donors (Lipinski definition) is 3. The van der Waals surface area contributed by atoms with Crippen LogP contribution in [-0.4, -0.2) is 61.4 Å². The number of benzene rings is 2. The van der Waals surface area contributed by atoms with E-state index in [1.54, 1.807) is 6.07 Å². The molecule has 0 amide bonds. The number of carboxylic acids is 1. The van der Waals surface area contributed by atoms with Crippen LogP contribution in [0.15, 0.2) is 53.4 Å². The highest BCUT2D eigenvalue weighted by Crippen LogP contribution is 2.33. The number of aromatic nitrogens is 2. The molecule has 1 aliphatic rings. The SMILES string of the molecule is Cc1cccc(C)c1-c1cc(OC[C@@H](CC(C)(C)C)NCC2OCCCC2(C)C)nc(NS(=O)(=O)c2cccc(C(=O)O)c2)n1. The molecule has 0 aliphatic carbocycles.